The van der Waals surface area contributed by atoms with Gasteiger partial charge in [-0.3, -0.25) is 4.98 Å². The molecule has 0 atom stereocenters. The molecular weight excluding hydrogens is 300 g/mol. The molecule has 2 rings (SSSR count). The highest BCUT2D eigenvalue weighted by molar-refractivity contribution is 5.71. The Kier molecular flexibility index (Phi) is 5.96. The van der Waals surface area contributed by atoms with Crippen molar-refractivity contribution in [1.29, 1.82) is 0 Å². The minimum absolute atomic E-state index is 0.329. The molecule has 1 N–H and O–H groups in total. The molecule has 0 aliphatic carbocycles. The maximum Gasteiger partial charge on any atom is 0.413 e. The van der Waals surface area contributed by atoms with E-state index in [1.54, 1.807) is 12.3 Å². The van der Waals surface area contributed by atoms with Gasteiger partial charge < -0.3 is 10.1 Å². The maximum atomic E-state index is 11.7. The number of hydrogen-bond acceptors (Lipinski definition) is 3. The van der Waals surface area contributed by atoms with E-state index in [0.717, 1.165) is 17.7 Å². The fraction of sp³-hybridized carbons (Fsp3) is 0.400. The monoisotopic (exact) mass is 326 g/mol. The Labute approximate surface area is 144 Å². The van der Waals surface area contributed by atoms with Gasteiger partial charge in [0, 0.05) is 11.1 Å². The van der Waals surface area contributed by atoms with Gasteiger partial charge in [0.2, 0.25) is 0 Å². The lowest BCUT2D eigenvalue weighted by Gasteiger charge is -2.19. The molecule has 0 fully saturated rings. The van der Waals surface area contributed by atoms with Gasteiger partial charge in [-0.05, 0) is 51.3 Å². The molecule has 0 radical (unpaired) electrons. The summed E-state index contributed by atoms with van der Waals surface area (Å²) in [5.74, 6) is 0.431. The summed E-state index contributed by atoms with van der Waals surface area (Å²) in [6.07, 6.45) is 4.62. The van der Waals surface area contributed by atoms with Crippen molar-refractivity contribution < 1.29 is 9.53 Å². The van der Waals surface area contributed by atoms with Crippen LogP contribution < -0.4 is 10.1 Å². The maximum absolute atomic E-state index is 11.7. The lowest BCUT2D eigenvalue weighted by atomic mass is 10.0. The Bertz CT molecular complexity index is 656. The number of pyridine rings is 1. The average molecular weight is 326 g/mol. The molecule has 1 aromatic heterocycles. The molecule has 4 heteroatoms. The lowest BCUT2D eigenvalue weighted by molar-refractivity contribution is 0.190. The number of rotatable bonds is 5. The van der Waals surface area contributed by atoms with Gasteiger partial charge in [-0.25, -0.2) is 4.79 Å². The number of nitrogens with one attached hydrogen (secondary N) is 1. The average Bonchev–Trinajstić information content (AvgIpc) is 2.52. The van der Waals surface area contributed by atoms with E-state index in [4.69, 9.17) is 4.74 Å². The highest BCUT2D eigenvalue weighted by atomic mass is 16.6. The van der Waals surface area contributed by atoms with Gasteiger partial charge >= 0.3 is 6.09 Å². The smallest absolute Gasteiger partial charge is 0.409 e. The van der Waals surface area contributed by atoms with E-state index in [2.05, 4.69) is 41.5 Å². The van der Waals surface area contributed by atoms with Crippen LogP contribution in [0.3, 0.4) is 0 Å². The Balaban J connectivity index is 2.00. The first-order chi connectivity index (χ1) is 11.4. The second-order valence-corrected chi connectivity index (χ2v) is 6.94. The minimum atomic E-state index is -0.475. The predicted octanol–water partition coefficient (Wildman–Crippen LogP) is 4.98. The van der Waals surface area contributed by atoms with Gasteiger partial charge in [0.25, 0.3) is 0 Å². The van der Waals surface area contributed by atoms with Crippen LogP contribution in [-0.4, -0.2) is 16.6 Å². The van der Waals surface area contributed by atoms with E-state index < -0.39 is 6.09 Å². The number of hydrogen-bond donors (Lipinski definition) is 1. The first-order valence-electron chi connectivity index (χ1n) is 8.43. The molecule has 0 saturated heterocycles. The number of aromatic nitrogens is 1. The summed E-state index contributed by atoms with van der Waals surface area (Å²) < 4.78 is 5.23. The second-order valence-electron chi connectivity index (χ2n) is 6.94. The van der Waals surface area contributed by atoms with E-state index in [9.17, 15) is 4.79 Å². The molecular formula is C20H26N2O2. The van der Waals surface area contributed by atoms with Gasteiger partial charge in [-0.2, -0.15) is 0 Å². The molecule has 0 spiro atoms. The van der Waals surface area contributed by atoms with Crippen molar-refractivity contribution in [1.82, 2.24) is 10.3 Å². The van der Waals surface area contributed by atoms with Crippen LogP contribution in [-0.2, 0) is 6.42 Å². The van der Waals surface area contributed by atoms with Crippen LogP contribution in [0.15, 0.2) is 42.6 Å². The van der Waals surface area contributed by atoms with Gasteiger partial charge in [0.1, 0.15) is 0 Å². The van der Waals surface area contributed by atoms with E-state index >= 15 is 0 Å². The normalized spacial score (nSPS) is 11.2. The van der Waals surface area contributed by atoms with Crippen molar-refractivity contribution in [2.24, 2.45) is 0 Å². The Morgan fingerprint density at radius 1 is 1.12 bits per heavy atom. The van der Waals surface area contributed by atoms with E-state index in [1.807, 2.05) is 26.8 Å². The van der Waals surface area contributed by atoms with Crippen LogP contribution in [0.4, 0.5) is 4.79 Å². The summed E-state index contributed by atoms with van der Waals surface area (Å²) in [5.41, 5.74) is 2.94. The zero-order valence-electron chi connectivity index (χ0n) is 14.9. The highest BCUT2D eigenvalue weighted by Gasteiger charge is 2.15. The number of aryl methyl sites for hydroxylation is 1. The molecule has 24 heavy (non-hydrogen) atoms. The van der Waals surface area contributed by atoms with Gasteiger partial charge in [0.05, 0.1) is 11.9 Å². The molecule has 0 bridgehead atoms. The first kappa shape index (κ1) is 18.0. The van der Waals surface area contributed by atoms with Gasteiger partial charge in [-0.15, -0.1) is 0 Å². The summed E-state index contributed by atoms with van der Waals surface area (Å²) in [6, 6.07) is 12.1. The van der Waals surface area contributed by atoms with Crippen molar-refractivity contribution in [3.8, 4) is 17.0 Å². The third-order valence-corrected chi connectivity index (χ3v) is 3.49. The minimum Gasteiger partial charge on any atom is -0.409 e. The third-order valence-electron chi connectivity index (χ3n) is 3.49. The number of nitrogens with zero attached hydrogens (tertiary/aromatic N) is 1. The van der Waals surface area contributed by atoms with Crippen LogP contribution in [0.2, 0.25) is 0 Å². The lowest BCUT2D eigenvalue weighted by Crippen LogP contribution is -2.42. The van der Waals surface area contributed by atoms with Crippen molar-refractivity contribution in [3.63, 3.8) is 0 Å². The molecule has 1 amide bonds. The molecule has 0 unspecified atom stereocenters. The summed E-state index contributed by atoms with van der Waals surface area (Å²) in [7, 11) is 0. The quantitative estimate of drug-likeness (QED) is 0.843. The summed E-state index contributed by atoms with van der Waals surface area (Å²) in [5, 5.41) is 2.75. The van der Waals surface area contributed by atoms with E-state index in [-0.39, 0.29) is 5.54 Å². The standard InChI is InChI=1S/C20H26N2O2/c1-5-6-7-15-8-10-16(11-9-15)18-13-12-17(14-21-18)24-19(23)22-20(2,3)4/h8-14H,5-7H2,1-4H3,(H,22,23). The van der Waals surface area contributed by atoms with Crippen molar-refractivity contribution in [2.45, 2.75) is 52.5 Å². The SMILES string of the molecule is CCCCc1ccc(-c2ccc(OC(=O)NC(C)(C)C)cn2)cc1. The van der Waals surface area contributed by atoms with Crippen molar-refractivity contribution >= 4 is 6.09 Å². The largest absolute Gasteiger partial charge is 0.413 e. The first-order valence-corrected chi connectivity index (χ1v) is 8.43. The van der Waals surface area contributed by atoms with Crippen molar-refractivity contribution in [2.75, 3.05) is 0 Å². The Morgan fingerprint density at radius 3 is 2.38 bits per heavy atom. The van der Waals surface area contributed by atoms with Crippen LogP contribution in [0.1, 0.15) is 46.1 Å². The van der Waals surface area contributed by atoms with Crippen LogP contribution in [0.25, 0.3) is 11.3 Å². The molecule has 4 nitrogen and oxygen atoms in total. The third kappa shape index (κ3) is 5.69. The van der Waals surface area contributed by atoms with Crippen LogP contribution in [0, 0.1) is 0 Å². The van der Waals surface area contributed by atoms with E-state index in [0.29, 0.717) is 5.75 Å². The summed E-state index contributed by atoms with van der Waals surface area (Å²) in [6.45, 7) is 7.91. The number of carbonyl (C=O) groups is 1. The summed E-state index contributed by atoms with van der Waals surface area (Å²) >= 11 is 0. The second kappa shape index (κ2) is 7.95. The van der Waals surface area contributed by atoms with Gasteiger partial charge in [0.15, 0.2) is 5.75 Å². The molecule has 1 heterocycles. The number of amides is 1. The zero-order valence-corrected chi connectivity index (χ0v) is 14.9. The van der Waals surface area contributed by atoms with Crippen LogP contribution >= 0.6 is 0 Å². The number of ether oxygens (including phenoxy) is 1. The number of unbranched alkanes of at least 4 members (excludes halogenated alkanes) is 1. The summed E-state index contributed by atoms with van der Waals surface area (Å²) in [4.78, 5) is 16.1. The number of carbonyl (C=O) groups excluding carboxylic acids is 1. The fourth-order valence-corrected chi connectivity index (χ4v) is 2.27. The Morgan fingerprint density at radius 2 is 1.83 bits per heavy atom. The highest BCUT2D eigenvalue weighted by Crippen LogP contribution is 2.20. The van der Waals surface area contributed by atoms with Crippen molar-refractivity contribution in [3.05, 3.63) is 48.2 Å². The molecule has 0 saturated carbocycles. The molecule has 128 valence electrons. The predicted molar refractivity (Wildman–Crippen MR) is 97.2 cm³/mol. The fourth-order valence-electron chi connectivity index (χ4n) is 2.27. The van der Waals surface area contributed by atoms with E-state index in [1.165, 1.54) is 18.4 Å². The molecule has 0 aliphatic rings. The zero-order chi connectivity index (χ0) is 17.6. The Hall–Kier alpha value is -2.36. The topological polar surface area (TPSA) is 51.2 Å². The molecule has 1 aromatic carbocycles. The van der Waals surface area contributed by atoms with Gasteiger partial charge in [-0.1, -0.05) is 37.6 Å². The molecule has 0 aliphatic heterocycles. The number of benzene rings is 1. The molecule has 2 aromatic rings. The van der Waals surface area contributed by atoms with Crippen LogP contribution in [0.5, 0.6) is 5.75 Å².